The van der Waals surface area contributed by atoms with Crippen molar-refractivity contribution in [2.24, 2.45) is 0 Å². The number of nitrogens with one attached hydrogen (secondary N) is 1. The maximum Gasteiger partial charge on any atom is 0.130 e. The number of hydrogen-bond acceptors (Lipinski definition) is 1. The summed E-state index contributed by atoms with van der Waals surface area (Å²) in [6.45, 7) is 0. The number of rotatable bonds is 4. The molecule has 0 fully saturated rings. The molecule has 94 valence electrons. The highest BCUT2D eigenvalue weighted by Crippen LogP contribution is 2.15. The predicted octanol–water partition coefficient (Wildman–Crippen LogP) is 2.06. The molecule has 0 amide bonds. The molecule has 2 nitrogen and oxygen atoms in total. The van der Waals surface area contributed by atoms with Gasteiger partial charge in [0.1, 0.15) is 11.4 Å². The van der Waals surface area contributed by atoms with E-state index in [2.05, 4.69) is 50.5 Å². The first-order valence-electron chi connectivity index (χ1n) is 6.21. The van der Waals surface area contributed by atoms with E-state index in [-0.39, 0.29) is 0 Å². The normalized spacial score (nSPS) is 10.7. The second-order valence-electron chi connectivity index (χ2n) is 4.72. The largest absolute Gasteiger partial charge is 0.497 e. The fourth-order valence-electron chi connectivity index (χ4n) is 1.94. The van der Waals surface area contributed by atoms with E-state index in [1.807, 2.05) is 12.1 Å². The molecule has 2 heteroatoms. The highest BCUT2D eigenvalue weighted by molar-refractivity contribution is 5.36. The van der Waals surface area contributed by atoms with Crippen molar-refractivity contribution in [3.05, 3.63) is 59.7 Å². The molecule has 0 saturated heterocycles. The molecule has 2 aromatic carbocycles. The van der Waals surface area contributed by atoms with Crippen LogP contribution in [0.5, 0.6) is 5.75 Å². The fraction of sp³-hybridized carbons (Fsp3) is 0.250. The average molecular weight is 242 g/mol. The van der Waals surface area contributed by atoms with Crippen molar-refractivity contribution in [2.45, 2.75) is 6.42 Å². The molecule has 2 rings (SSSR count). The SMILES string of the molecule is COc1ccc(Cc2ccc([NH+](C)C)cc2)cc1. The Kier molecular flexibility index (Phi) is 4.00. The molecule has 0 heterocycles. The van der Waals surface area contributed by atoms with Crippen molar-refractivity contribution in [1.82, 2.24) is 0 Å². The lowest BCUT2D eigenvalue weighted by Gasteiger charge is -2.08. The van der Waals surface area contributed by atoms with Crippen LogP contribution in [0.2, 0.25) is 0 Å². The van der Waals surface area contributed by atoms with E-state index in [9.17, 15) is 0 Å². The van der Waals surface area contributed by atoms with Gasteiger partial charge in [0, 0.05) is 0 Å². The molecule has 18 heavy (non-hydrogen) atoms. The van der Waals surface area contributed by atoms with Crippen molar-refractivity contribution >= 4 is 5.69 Å². The standard InChI is InChI=1S/C16H19NO/c1-17(2)15-8-4-13(5-9-15)12-14-6-10-16(18-3)11-7-14/h4-11H,12H2,1-3H3/p+1. The molecule has 0 saturated carbocycles. The molecule has 1 N–H and O–H groups in total. The van der Waals surface area contributed by atoms with Gasteiger partial charge in [-0.25, -0.2) is 0 Å². The van der Waals surface area contributed by atoms with Gasteiger partial charge < -0.3 is 9.64 Å². The van der Waals surface area contributed by atoms with Gasteiger partial charge in [0.15, 0.2) is 0 Å². The van der Waals surface area contributed by atoms with Gasteiger partial charge >= 0.3 is 0 Å². The Morgan fingerprint density at radius 1 is 0.833 bits per heavy atom. The monoisotopic (exact) mass is 242 g/mol. The molecule has 0 bridgehead atoms. The maximum absolute atomic E-state index is 5.16. The van der Waals surface area contributed by atoms with Crippen LogP contribution in [0, 0.1) is 0 Å². The fourth-order valence-corrected chi connectivity index (χ4v) is 1.94. The summed E-state index contributed by atoms with van der Waals surface area (Å²) >= 11 is 0. The van der Waals surface area contributed by atoms with Crippen LogP contribution in [-0.4, -0.2) is 21.2 Å². The highest BCUT2D eigenvalue weighted by Gasteiger charge is 2.01. The van der Waals surface area contributed by atoms with Crippen LogP contribution in [0.25, 0.3) is 0 Å². The zero-order valence-electron chi connectivity index (χ0n) is 11.2. The van der Waals surface area contributed by atoms with Crippen LogP contribution in [0.3, 0.4) is 0 Å². The Morgan fingerprint density at radius 3 is 1.78 bits per heavy atom. The number of benzene rings is 2. The third kappa shape index (κ3) is 3.11. The lowest BCUT2D eigenvalue weighted by molar-refractivity contribution is -0.786. The Balaban J connectivity index is 2.08. The summed E-state index contributed by atoms with van der Waals surface area (Å²) < 4.78 is 5.16. The van der Waals surface area contributed by atoms with Crippen molar-refractivity contribution in [2.75, 3.05) is 21.2 Å². The van der Waals surface area contributed by atoms with Gasteiger partial charge in [-0.1, -0.05) is 24.3 Å². The zero-order chi connectivity index (χ0) is 13.0. The summed E-state index contributed by atoms with van der Waals surface area (Å²) in [6.07, 6.45) is 0.965. The first-order valence-corrected chi connectivity index (χ1v) is 6.21. The molecule has 0 aliphatic carbocycles. The Bertz CT molecular complexity index is 486. The van der Waals surface area contributed by atoms with E-state index >= 15 is 0 Å². The highest BCUT2D eigenvalue weighted by atomic mass is 16.5. The Morgan fingerprint density at radius 2 is 1.33 bits per heavy atom. The van der Waals surface area contributed by atoms with Crippen LogP contribution in [0.15, 0.2) is 48.5 Å². The summed E-state index contributed by atoms with van der Waals surface area (Å²) in [5.41, 5.74) is 3.96. The average Bonchev–Trinajstić information content (AvgIpc) is 2.40. The van der Waals surface area contributed by atoms with Gasteiger partial charge in [-0.3, -0.25) is 0 Å². The van der Waals surface area contributed by atoms with E-state index in [1.165, 1.54) is 21.7 Å². The number of hydrogen-bond donors (Lipinski definition) is 1. The Labute approximate surface area is 109 Å². The maximum atomic E-state index is 5.16. The molecule has 0 spiro atoms. The summed E-state index contributed by atoms with van der Waals surface area (Å²) in [5, 5.41) is 0. The van der Waals surface area contributed by atoms with Crippen molar-refractivity contribution < 1.29 is 9.64 Å². The lowest BCUT2D eigenvalue weighted by atomic mass is 10.0. The van der Waals surface area contributed by atoms with Gasteiger partial charge in [-0.2, -0.15) is 0 Å². The van der Waals surface area contributed by atoms with E-state index in [1.54, 1.807) is 7.11 Å². The van der Waals surface area contributed by atoms with Crippen LogP contribution < -0.4 is 9.64 Å². The second-order valence-corrected chi connectivity index (χ2v) is 4.72. The second kappa shape index (κ2) is 5.69. The number of methoxy groups -OCH3 is 1. The van der Waals surface area contributed by atoms with Gasteiger partial charge in [-0.15, -0.1) is 0 Å². The van der Waals surface area contributed by atoms with E-state index in [4.69, 9.17) is 4.74 Å². The molecule has 0 aliphatic rings. The van der Waals surface area contributed by atoms with E-state index in [0.29, 0.717) is 0 Å². The minimum atomic E-state index is 0.908. The summed E-state index contributed by atoms with van der Waals surface area (Å²) in [6, 6.07) is 17.0. The zero-order valence-corrected chi connectivity index (χ0v) is 11.2. The molecule has 0 aliphatic heterocycles. The number of ether oxygens (including phenoxy) is 1. The molecule has 2 aromatic rings. The molecule has 0 aromatic heterocycles. The summed E-state index contributed by atoms with van der Waals surface area (Å²) in [4.78, 5) is 1.35. The van der Waals surface area contributed by atoms with Crippen LogP contribution >= 0.6 is 0 Å². The summed E-state index contributed by atoms with van der Waals surface area (Å²) in [7, 11) is 5.97. The van der Waals surface area contributed by atoms with Crippen LogP contribution in [0.4, 0.5) is 5.69 Å². The number of quaternary nitrogens is 1. The molecule has 0 radical (unpaired) electrons. The smallest absolute Gasteiger partial charge is 0.130 e. The third-order valence-electron chi connectivity index (χ3n) is 3.10. The minimum absolute atomic E-state index is 0.908. The van der Waals surface area contributed by atoms with E-state index < -0.39 is 0 Å². The minimum Gasteiger partial charge on any atom is -0.497 e. The van der Waals surface area contributed by atoms with Gasteiger partial charge in [0.25, 0.3) is 0 Å². The molecule has 0 atom stereocenters. The van der Waals surface area contributed by atoms with Crippen LogP contribution in [-0.2, 0) is 6.42 Å². The van der Waals surface area contributed by atoms with Gasteiger partial charge in [0.2, 0.25) is 0 Å². The molecule has 0 unspecified atom stereocenters. The van der Waals surface area contributed by atoms with Crippen molar-refractivity contribution in [1.29, 1.82) is 0 Å². The van der Waals surface area contributed by atoms with Gasteiger partial charge in [-0.05, 0) is 41.8 Å². The quantitative estimate of drug-likeness (QED) is 0.866. The summed E-state index contributed by atoms with van der Waals surface area (Å²) in [5.74, 6) is 0.908. The molecular weight excluding hydrogens is 222 g/mol. The topological polar surface area (TPSA) is 13.7 Å². The van der Waals surface area contributed by atoms with Gasteiger partial charge in [0.05, 0.1) is 21.2 Å². The molecular formula is C16H20NO+. The first kappa shape index (κ1) is 12.7. The predicted molar refractivity (Wildman–Crippen MR) is 74.7 cm³/mol. The Hall–Kier alpha value is -1.80. The third-order valence-corrected chi connectivity index (χ3v) is 3.10. The van der Waals surface area contributed by atoms with E-state index in [0.717, 1.165) is 12.2 Å². The first-order chi connectivity index (χ1) is 8.69. The lowest BCUT2D eigenvalue weighted by Crippen LogP contribution is -3.00. The van der Waals surface area contributed by atoms with Crippen molar-refractivity contribution in [3.8, 4) is 5.75 Å². The van der Waals surface area contributed by atoms with Crippen LogP contribution in [0.1, 0.15) is 11.1 Å². The van der Waals surface area contributed by atoms with Crippen molar-refractivity contribution in [3.63, 3.8) is 0 Å².